The van der Waals surface area contributed by atoms with Gasteiger partial charge in [-0.1, -0.05) is 0 Å². The van der Waals surface area contributed by atoms with Crippen LogP contribution in [-0.2, 0) is 37.2 Å². The summed E-state index contributed by atoms with van der Waals surface area (Å²) < 4.78 is 0. The van der Waals surface area contributed by atoms with Gasteiger partial charge in [-0.2, -0.15) is 0 Å². The average Bonchev–Trinajstić information content (AvgIpc) is 0. The Morgan fingerprint density at radius 3 is 0.667 bits per heavy atom. The summed E-state index contributed by atoms with van der Waals surface area (Å²) in [6.07, 6.45) is 0. The summed E-state index contributed by atoms with van der Waals surface area (Å²) in [5, 5.41) is 0. The van der Waals surface area contributed by atoms with Gasteiger partial charge in [-0.15, -0.1) is 0 Å². The summed E-state index contributed by atoms with van der Waals surface area (Å²) in [6, 6.07) is 0. The molecule has 0 amide bonds. The minimum Gasteiger partial charge on any atom is -2.00 e. The molecule has 0 rings (SSSR count). The van der Waals surface area contributed by atoms with Crippen LogP contribution in [0.4, 0.5) is 0 Å². The largest absolute Gasteiger partial charge is 2.00 e. The van der Waals surface area contributed by atoms with Crippen molar-refractivity contribution in [3.63, 3.8) is 0 Å². The molecule has 0 fully saturated rings. The van der Waals surface area contributed by atoms with Crippen LogP contribution in [0.25, 0.3) is 0 Å². The standard InChI is InChI=1S/2Li.H2O.2O.Zr/h;;1H2;;;/q2*+1;;2*-2;/p-1. The number of hydrogen-bond acceptors (Lipinski definition) is 1. The van der Waals surface area contributed by atoms with Gasteiger partial charge < -0.3 is 16.4 Å². The Morgan fingerprint density at radius 1 is 0.667 bits per heavy atom. The first kappa shape index (κ1) is 101. The molecule has 0 unspecified atom stereocenters. The van der Waals surface area contributed by atoms with E-state index in [4.69, 9.17) is 0 Å². The SMILES string of the molecule is [Li+].[Li+].[O-2].[O-2].[OH-].[Zr]. The third-order valence-corrected chi connectivity index (χ3v) is 0. The van der Waals surface area contributed by atoms with Gasteiger partial charge >= 0.3 is 37.7 Å². The predicted molar refractivity (Wildman–Crippen MR) is 3.31 cm³/mol. The summed E-state index contributed by atoms with van der Waals surface area (Å²) in [6.45, 7) is 0. The van der Waals surface area contributed by atoms with Crippen LogP contribution in [-0.4, -0.2) is 5.48 Å². The Kier molecular flexibility index (Phi) is 1080. The van der Waals surface area contributed by atoms with Gasteiger partial charge in [0.15, 0.2) is 0 Å². The van der Waals surface area contributed by atoms with Crippen LogP contribution in [0, 0.1) is 0 Å². The quantitative estimate of drug-likeness (QED) is 0.319. The molecule has 0 aromatic rings. The Hall–Kier alpha value is 1.96. The Morgan fingerprint density at radius 2 is 0.667 bits per heavy atom. The third-order valence-electron chi connectivity index (χ3n) is 0. The normalized spacial score (nSPS) is 0. The van der Waals surface area contributed by atoms with E-state index in [-0.39, 0.29) is 80.4 Å². The molecule has 0 heterocycles. The molecule has 0 aromatic heterocycles. The van der Waals surface area contributed by atoms with Crippen molar-refractivity contribution >= 4 is 0 Å². The molecule has 28 valence electrons. The van der Waals surface area contributed by atoms with Crippen molar-refractivity contribution in [2.24, 2.45) is 0 Å². The van der Waals surface area contributed by atoms with Gasteiger partial charge in [0.2, 0.25) is 0 Å². The fourth-order valence-corrected chi connectivity index (χ4v) is 0. The summed E-state index contributed by atoms with van der Waals surface area (Å²) in [5.41, 5.74) is 0. The zero-order valence-corrected chi connectivity index (χ0v) is 6.22. The second-order valence-electron chi connectivity index (χ2n) is 0. The van der Waals surface area contributed by atoms with Crippen molar-refractivity contribution < 1.29 is 80.4 Å². The van der Waals surface area contributed by atoms with E-state index in [0.29, 0.717) is 0 Å². The number of hydrogen-bond donors (Lipinski definition) is 0. The maximum absolute atomic E-state index is 0. The van der Waals surface area contributed by atoms with Crippen molar-refractivity contribution in [3.8, 4) is 0 Å². The van der Waals surface area contributed by atoms with Gasteiger partial charge in [0, 0.05) is 26.2 Å². The molecule has 0 bridgehead atoms. The van der Waals surface area contributed by atoms with E-state index in [9.17, 15) is 0 Å². The first-order valence-electron chi connectivity index (χ1n) is 0. The molecule has 6 heteroatoms. The molecule has 0 saturated heterocycles. The predicted octanol–water partition coefficient (Wildman–Crippen LogP) is -6.41. The van der Waals surface area contributed by atoms with Gasteiger partial charge in [0.1, 0.15) is 0 Å². The summed E-state index contributed by atoms with van der Waals surface area (Å²) in [7, 11) is 0. The van der Waals surface area contributed by atoms with Crippen LogP contribution in [0.15, 0.2) is 0 Å². The van der Waals surface area contributed by atoms with Crippen molar-refractivity contribution in [3.05, 3.63) is 0 Å². The number of rotatable bonds is 0. The van der Waals surface area contributed by atoms with Crippen LogP contribution in [0.3, 0.4) is 0 Å². The topological polar surface area (TPSA) is 87.0 Å². The second kappa shape index (κ2) is 64.4. The molecule has 0 aromatic carbocycles. The van der Waals surface area contributed by atoms with Gasteiger partial charge in [0.05, 0.1) is 0 Å². The minimum atomic E-state index is 0. The Bertz CT molecular complexity index is 8.75. The Labute approximate surface area is 79.7 Å². The monoisotopic (exact) mass is 153 g/mol. The molecule has 0 atom stereocenters. The molecule has 0 aliphatic heterocycles. The van der Waals surface area contributed by atoms with Crippen molar-refractivity contribution in [1.29, 1.82) is 0 Å². The smallest absolute Gasteiger partial charge is 1.00 e. The van der Waals surface area contributed by atoms with Crippen LogP contribution >= 0.6 is 0 Å². The fourth-order valence-electron chi connectivity index (χ4n) is 0. The van der Waals surface area contributed by atoms with E-state index in [2.05, 4.69) is 0 Å². The van der Waals surface area contributed by atoms with Crippen molar-refractivity contribution in [2.75, 3.05) is 0 Å². The summed E-state index contributed by atoms with van der Waals surface area (Å²) >= 11 is 0. The van der Waals surface area contributed by atoms with Gasteiger partial charge in [-0.05, 0) is 0 Å². The van der Waals surface area contributed by atoms with E-state index in [1.54, 1.807) is 0 Å². The summed E-state index contributed by atoms with van der Waals surface area (Å²) in [5.74, 6) is 0. The molecule has 0 radical (unpaired) electrons. The molecule has 0 aliphatic rings. The molecule has 0 aliphatic carbocycles. The molecule has 0 saturated carbocycles. The minimum absolute atomic E-state index is 0. The van der Waals surface area contributed by atoms with Crippen LogP contribution in [0.1, 0.15) is 0 Å². The van der Waals surface area contributed by atoms with Crippen molar-refractivity contribution in [2.45, 2.75) is 0 Å². The maximum atomic E-state index is 0. The Balaban J connectivity index is 0. The summed E-state index contributed by atoms with van der Waals surface area (Å²) in [4.78, 5) is 0. The first-order valence-corrected chi connectivity index (χ1v) is 0. The van der Waals surface area contributed by atoms with E-state index < -0.39 is 0 Å². The van der Waals surface area contributed by atoms with Crippen LogP contribution in [0.2, 0.25) is 0 Å². The fraction of sp³-hybridized carbons (Fsp3) is 0. The van der Waals surface area contributed by atoms with Crippen molar-refractivity contribution in [1.82, 2.24) is 0 Å². The van der Waals surface area contributed by atoms with E-state index in [1.165, 1.54) is 0 Å². The second-order valence-corrected chi connectivity index (χ2v) is 0. The zero-order chi connectivity index (χ0) is 0. The molecular weight excluding hydrogens is 153 g/mol. The molecule has 0 spiro atoms. The zero-order valence-electron chi connectivity index (χ0n) is 3.76. The molecule has 6 heavy (non-hydrogen) atoms. The van der Waals surface area contributed by atoms with Gasteiger partial charge in [0.25, 0.3) is 0 Å². The molecule has 1 N–H and O–H groups in total. The van der Waals surface area contributed by atoms with E-state index in [0.717, 1.165) is 0 Å². The molecule has 3 nitrogen and oxygen atoms in total. The van der Waals surface area contributed by atoms with Crippen LogP contribution < -0.4 is 37.7 Å². The van der Waals surface area contributed by atoms with E-state index in [1.807, 2.05) is 0 Å². The van der Waals surface area contributed by atoms with E-state index >= 15 is 0 Å². The van der Waals surface area contributed by atoms with Gasteiger partial charge in [-0.25, -0.2) is 0 Å². The van der Waals surface area contributed by atoms with Gasteiger partial charge in [-0.3, -0.25) is 0 Å². The van der Waals surface area contributed by atoms with Crippen LogP contribution in [0.5, 0.6) is 0 Å². The first-order chi connectivity index (χ1) is 0. The average molecular weight is 154 g/mol. The third kappa shape index (κ3) is 38.2. The molecular formula is HLi2O3Zr-3. The maximum Gasteiger partial charge on any atom is 1.00 e.